The van der Waals surface area contributed by atoms with Gasteiger partial charge in [-0.25, -0.2) is 0 Å². The monoisotopic (exact) mass is 496 g/mol. The van der Waals surface area contributed by atoms with Gasteiger partial charge < -0.3 is 15.2 Å². The van der Waals surface area contributed by atoms with Crippen molar-refractivity contribution in [2.75, 3.05) is 0 Å². The average molecular weight is 497 g/mol. The van der Waals surface area contributed by atoms with Gasteiger partial charge in [0.05, 0.1) is 12.3 Å². The van der Waals surface area contributed by atoms with Crippen LogP contribution in [-0.2, 0) is 9.59 Å². The summed E-state index contributed by atoms with van der Waals surface area (Å²) in [5, 5.41) is 1.74. The molecule has 0 amide bonds. The number of hydrogen-bond donors (Lipinski definition) is 1. The van der Waals surface area contributed by atoms with E-state index < -0.39 is 22.6 Å². The lowest BCUT2D eigenvalue weighted by molar-refractivity contribution is -0.136. The van der Waals surface area contributed by atoms with Gasteiger partial charge in [-0.15, -0.1) is 4.91 Å². The quantitative estimate of drug-likeness (QED) is 0.133. The van der Waals surface area contributed by atoms with Gasteiger partial charge in [0.25, 0.3) is 0 Å². The number of ether oxygens (including phenoxy) is 2. The average Bonchev–Trinajstić information content (AvgIpc) is 2.78. The molecule has 34 heavy (non-hydrogen) atoms. The number of thiocarbonyl (C=S) groups is 1. The number of carbonyl (C=O) groups is 2. The van der Waals surface area contributed by atoms with Crippen LogP contribution in [0.2, 0.25) is 0 Å². The van der Waals surface area contributed by atoms with Gasteiger partial charge in [-0.1, -0.05) is 36.5 Å². The lowest BCUT2D eigenvalue weighted by Gasteiger charge is -2.17. The minimum Gasteiger partial charge on any atom is -0.426 e. The molecule has 7 nitrogen and oxygen atoms in total. The highest BCUT2D eigenvalue weighted by Gasteiger charge is 2.25. The van der Waals surface area contributed by atoms with Gasteiger partial charge in [0.2, 0.25) is 0 Å². The molecule has 0 aliphatic heterocycles. The van der Waals surface area contributed by atoms with Gasteiger partial charge in [-0.2, -0.15) is 0 Å². The third-order valence-electron chi connectivity index (χ3n) is 5.13. The first-order valence-corrected chi connectivity index (χ1v) is 11.6. The lowest BCUT2D eigenvalue weighted by Crippen LogP contribution is -2.22. The molecule has 0 aliphatic rings. The second-order valence-corrected chi connectivity index (χ2v) is 10.3. The van der Waals surface area contributed by atoms with Crippen LogP contribution in [0.25, 0.3) is 10.8 Å². The Labute approximate surface area is 207 Å². The van der Waals surface area contributed by atoms with E-state index in [4.69, 9.17) is 27.4 Å². The number of hydrogen-bond acceptors (Lipinski definition) is 8. The molecule has 0 unspecified atom stereocenters. The molecule has 0 fully saturated rings. The summed E-state index contributed by atoms with van der Waals surface area (Å²) in [6.07, 6.45) is 0.0433. The number of fused-ring (bicyclic) bond motifs is 1. The third kappa shape index (κ3) is 6.61. The van der Waals surface area contributed by atoms with E-state index in [0.717, 1.165) is 28.3 Å². The summed E-state index contributed by atoms with van der Waals surface area (Å²) in [5.41, 5.74) is 7.08. The van der Waals surface area contributed by atoms with Crippen molar-refractivity contribution in [1.29, 1.82) is 0 Å². The Morgan fingerprint density at radius 2 is 1.62 bits per heavy atom. The van der Waals surface area contributed by atoms with Crippen LogP contribution in [0.15, 0.2) is 65.2 Å². The third-order valence-corrected chi connectivity index (χ3v) is 6.08. The van der Waals surface area contributed by atoms with Gasteiger partial charge >= 0.3 is 11.9 Å². The predicted molar refractivity (Wildman–Crippen MR) is 138 cm³/mol. The summed E-state index contributed by atoms with van der Waals surface area (Å²) >= 11 is 5.73. The molecule has 0 saturated carbocycles. The Hall–Kier alpha value is -3.30. The molecule has 0 heterocycles. The van der Waals surface area contributed by atoms with E-state index in [0.29, 0.717) is 17.1 Å². The van der Waals surface area contributed by atoms with Gasteiger partial charge in [-0.3, -0.25) is 9.59 Å². The van der Waals surface area contributed by atoms with Crippen LogP contribution in [0.4, 0.5) is 0 Å². The maximum Gasteiger partial charge on any atom is 0.318 e. The van der Waals surface area contributed by atoms with Crippen LogP contribution >= 0.6 is 24.2 Å². The number of nitroso groups, excluding NO2 is 1. The molecule has 1 atom stereocenters. The number of benzene rings is 3. The second kappa shape index (κ2) is 10.8. The SMILES string of the molecule is C[C@H](C(=O)Oc1ccc(C(N)=S)cc1)c1ccc2cc(OC(=O)CC(C)(C)SN=O)ccc2c1. The lowest BCUT2D eigenvalue weighted by atomic mass is 9.98. The topological polar surface area (TPSA) is 108 Å². The molecule has 3 aromatic rings. The molecule has 0 saturated heterocycles. The predicted octanol–water partition coefficient (Wildman–Crippen LogP) is 5.67. The van der Waals surface area contributed by atoms with Gasteiger partial charge in [0.1, 0.15) is 16.5 Å². The Morgan fingerprint density at radius 1 is 1.00 bits per heavy atom. The molecule has 0 aliphatic carbocycles. The highest BCUT2D eigenvalue weighted by Crippen LogP contribution is 2.30. The minimum absolute atomic E-state index is 0.0433. The van der Waals surface area contributed by atoms with Crippen molar-refractivity contribution in [2.24, 2.45) is 10.3 Å². The number of esters is 2. The number of nitrogens with zero attached hydrogens (tertiary/aromatic N) is 1. The molecule has 9 heteroatoms. The summed E-state index contributed by atoms with van der Waals surface area (Å²) in [4.78, 5) is 35.6. The van der Waals surface area contributed by atoms with Crippen LogP contribution < -0.4 is 15.2 Å². The van der Waals surface area contributed by atoms with E-state index in [1.807, 2.05) is 24.3 Å². The van der Waals surface area contributed by atoms with E-state index in [1.165, 1.54) is 0 Å². The second-order valence-electron chi connectivity index (χ2n) is 8.38. The molecule has 2 N–H and O–H groups in total. The fourth-order valence-corrected chi connectivity index (χ4v) is 3.77. The summed E-state index contributed by atoms with van der Waals surface area (Å²) in [6.45, 7) is 5.27. The molecular weight excluding hydrogens is 472 g/mol. The van der Waals surface area contributed by atoms with Gasteiger partial charge in [0.15, 0.2) is 0 Å². The first kappa shape index (κ1) is 25.3. The first-order chi connectivity index (χ1) is 16.1. The highest BCUT2D eigenvalue weighted by molar-refractivity contribution is 7.99. The van der Waals surface area contributed by atoms with Crippen LogP contribution in [0, 0.1) is 4.91 Å². The fraction of sp³-hybridized carbons (Fsp3) is 0.240. The first-order valence-electron chi connectivity index (χ1n) is 10.4. The minimum atomic E-state index is -0.644. The molecule has 176 valence electrons. The summed E-state index contributed by atoms with van der Waals surface area (Å²) in [6, 6.07) is 17.6. The molecule has 0 bridgehead atoms. The van der Waals surface area contributed by atoms with E-state index in [2.05, 4.69) is 4.58 Å². The standard InChI is InChI=1S/C25H24N2O5S2/c1-15(24(29)32-20-9-6-16(7-10-20)23(26)33)17-4-5-19-13-21(11-8-18(19)12-17)31-22(28)14-25(2,3)34-27-30/h4-13,15H,14H2,1-3H3,(H2,26,33)/t15-/m0/s1. The zero-order valence-corrected chi connectivity index (χ0v) is 20.6. The van der Waals surface area contributed by atoms with Crippen LogP contribution in [-0.4, -0.2) is 21.7 Å². The van der Waals surface area contributed by atoms with Gasteiger partial charge in [-0.05, 0) is 73.5 Å². The fourth-order valence-electron chi connectivity index (χ4n) is 3.25. The molecule has 0 spiro atoms. The van der Waals surface area contributed by atoms with E-state index >= 15 is 0 Å². The Kier molecular flexibility index (Phi) is 8.01. The normalized spacial score (nSPS) is 12.1. The van der Waals surface area contributed by atoms with Crippen LogP contribution in [0.3, 0.4) is 0 Å². The van der Waals surface area contributed by atoms with Crippen molar-refractivity contribution < 1.29 is 19.1 Å². The number of nitrogens with two attached hydrogens (primary N) is 1. The zero-order valence-electron chi connectivity index (χ0n) is 18.9. The smallest absolute Gasteiger partial charge is 0.318 e. The Balaban J connectivity index is 1.68. The molecule has 0 aromatic heterocycles. The van der Waals surface area contributed by atoms with Crippen molar-refractivity contribution in [3.8, 4) is 11.5 Å². The van der Waals surface area contributed by atoms with Crippen molar-refractivity contribution in [3.05, 3.63) is 76.7 Å². The molecule has 3 rings (SSSR count). The van der Waals surface area contributed by atoms with Crippen LogP contribution in [0.1, 0.15) is 44.2 Å². The molecule has 0 radical (unpaired) electrons. The summed E-state index contributed by atoms with van der Waals surface area (Å²) in [7, 11) is 0. The van der Waals surface area contributed by atoms with Crippen molar-refractivity contribution >= 4 is 51.9 Å². The maximum absolute atomic E-state index is 12.6. The number of rotatable bonds is 9. The van der Waals surface area contributed by atoms with Gasteiger partial charge in [0, 0.05) is 26.8 Å². The summed E-state index contributed by atoms with van der Waals surface area (Å²) < 4.78 is 13.1. The van der Waals surface area contributed by atoms with Crippen molar-refractivity contribution in [1.82, 2.24) is 0 Å². The summed E-state index contributed by atoms with van der Waals surface area (Å²) in [5.74, 6) is -0.524. The molecular formula is C25H24N2O5S2. The Bertz CT molecular complexity index is 1240. The Morgan fingerprint density at radius 3 is 2.26 bits per heavy atom. The van der Waals surface area contributed by atoms with E-state index in [9.17, 15) is 14.5 Å². The molecule has 3 aromatic carbocycles. The van der Waals surface area contributed by atoms with E-state index in [1.54, 1.807) is 57.2 Å². The van der Waals surface area contributed by atoms with E-state index in [-0.39, 0.29) is 11.4 Å². The van der Waals surface area contributed by atoms with Crippen molar-refractivity contribution in [2.45, 2.75) is 37.9 Å². The largest absolute Gasteiger partial charge is 0.426 e. The maximum atomic E-state index is 12.6. The van der Waals surface area contributed by atoms with Crippen LogP contribution in [0.5, 0.6) is 11.5 Å². The zero-order chi connectivity index (χ0) is 24.9. The van der Waals surface area contributed by atoms with Crippen molar-refractivity contribution in [3.63, 3.8) is 0 Å². The number of carbonyl (C=O) groups excluding carboxylic acids is 2. The highest BCUT2D eigenvalue weighted by atomic mass is 32.2.